The first-order chi connectivity index (χ1) is 9.94. The van der Waals surface area contributed by atoms with Crippen LogP contribution in [0, 0.1) is 0 Å². The van der Waals surface area contributed by atoms with E-state index in [1.165, 1.54) is 5.56 Å². The third kappa shape index (κ3) is 3.76. The van der Waals surface area contributed by atoms with E-state index in [1.54, 1.807) is 0 Å². The maximum atomic E-state index is 11.5. The summed E-state index contributed by atoms with van der Waals surface area (Å²) < 4.78 is 5.98. The zero-order chi connectivity index (χ0) is 15.5. The first-order valence-electron chi connectivity index (χ1n) is 7.80. The lowest BCUT2D eigenvalue weighted by Gasteiger charge is -2.35. The van der Waals surface area contributed by atoms with Crippen molar-refractivity contribution in [2.24, 2.45) is 11.5 Å². The Labute approximate surface area is 126 Å². The summed E-state index contributed by atoms with van der Waals surface area (Å²) in [6.45, 7) is 4.40. The zero-order valence-corrected chi connectivity index (χ0v) is 13.0. The average Bonchev–Trinajstić information content (AvgIpc) is 2.47. The van der Waals surface area contributed by atoms with Crippen LogP contribution in [-0.4, -0.2) is 17.6 Å². The smallest absolute Gasteiger partial charge is 0.237 e. The van der Waals surface area contributed by atoms with Gasteiger partial charge in [-0.05, 0) is 49.3 Å². The number of rotatable bonds is 5. The first kappa shape index (κ1) is 15.8. The minimum Gasteiger partial charge on any atom is -0.490 e. The molecule has 0 bridgehead atoms. The van der Waals surface area contributed by atoms with E-state index in [-0.39, 0.29) is 6.10 Å². The van der Waals surface area contributed by atoms with Gasteiger partial charge >= 0.3 is 0 Å². The Morgan fingerprint density at radius 2 is 2.10 bits per heavy atom. The number of carbonyl (C=O) groups is 1. The van der Waals surface area contributed by atoms with Crippen molar-refractivity contribution in [3.63, 3.8) is 0 Å². The summed E-state index contributed by atoms with van der Waals surface area (Å²) in [5, 5.41) is 0. The lowest BCUT2D eigenvalue weighted by molar-refractivity contribution is -0.125. The lowest BCUT2D eigenvalue weighted by Crippen LogP contribution is -2.56. The summed E-state index contributed by atoms with van der Waals surface area (Å²) in [4.78, 5) is 11.5. The molecular formula is C17H26N2O2. The van der Waals surface area contributed by atoms with Crippen LogP contribution in [0.3, 0.4) is 0 Å². The molecule has 0 aromatic heterocycles. The molecule has 1 aliphatic rings. The van der Waals surface area contributed by atoms with Gasteiger partial charge in [-0.2, -0.15) is 0 Å². The maximum absolute atomic E-state index is 11.5. The molecule has 4 nitrogen and oxygen atoms in total. The van der Waals surface area contributed by atoms with Crippen molar-refractivity contribution in [3.8, 4) is 5.75 Å². The topological polar surface area (TPSA) is 78.3 Å². The average molecular weight is 290 g/mol. The number of hydrogen-bond donors (Lipinski definition) is 2. The van der Waals surface area contributed by atoms with Gasteiger partial charge in [0.15, 0.2) is 0 Å². The summed E-state index contributed by atoms with van der Waals surface area (Å²) in [5.41, 5.74) is 11.9. The van der Waals surface area contributed by atoms with Gasteiger partial charge in [-0.25, -0.2) is 0 Å². The maximum Gasteiger partial charge on any atom is 0.237 e. The molecule has 0 aliphatic heterocycles. The Bertz CT molecular complexity index is 486. The standard InChI is InChI=1S/C17H26N2O2/c1-3-12(2)13-6-8-14(9-7-13)21-15-5-4-10-17(19,11-15)16(18)20/h6-9,12,15H,3-5,10-11,19H2,1-2H3,(H2,18,20). The Hall–Kier alpha value is -1.55. The van der Waals surface area contributed by atoms with Crippen molar-refractivity contribution >= 4 is 5.91 Å². The van der Waals surface area contributed by atoms with Gasteiger partial charge < -0.3 is 16.2 Å². The van der Waals surface area contributed by atoms with Crippen LogP contribution in [0.25, 0.3) is 0 Å². The first-order valence-corrected chi connectivity index (χ1v) is 7.80. The second-order valence-corrected chi connectivity index (χ2v) is 6.23. The number of benzene rings is 1. The number of hydrogen-bond acceptors (Lipinski definition) is 3. The largest absolute Gasteiger partial charge is 0.490 e. The van der Waals surface area contributed by atoms with E-state index in [0.717, 1.165) is 25.0 Å². The van der Waals surface area contributed by atoms with Crippen molar-refractivity contribution in [1.29, 1.82) is 0 Å². The summed E-state index contributed by atoms with van der Waals surface area (Å²) in [6, 6.07) is 8.21. The van der Waals surface area contributed by atoms with Gasteiger partial charge in [-0.15, -0.1) is 0 Å². The number of carbonyl (C=O) groups excluding carboxylic acids is 1. The lowest BCUT2D eigenvalue weighted by atomic mass is 9.80. The van der Waals surface area contributed by atoms with Gasteiger partial charge in [0, 0.05) is 6.42 Å². The van der Waals surface area contributed by atoms with Crippen LogP contribution in [0.2, 0.25) is 0 Å². The normalized spacial score (nSPS) is 27.1. The molecule has 1 aromatic rings. The fourth-order valence-corrected chi connectivity index (χ4v) is 2.88. The predicted molar refractivity (Wildman–Crippen MR) is 84.1 cm³/mol. The molecule has 4 heteroatoms. The molecule has 1 saturated carbocycles. The van der Waals surface area contributed by atoms with E-state index in [2.05, 4.69) is 26.0 Å². The van der Waals surface area contributed by atoms with Crippen molar-refractivity contribution < 1.29 is 9.53 Å². The molecule has 2 rings (SSSR count). The fourth-order valence-electron chi connectivity index (χ4n) is 2.88. The van der Waals surface area contributed by atoms with Gasteiger partial charge in [0.1, 0.15) is 11.9 Å². The quantitative estimate of drug-likeness (QED) is 0.875. The van der Waals surface area contributed by atoms with Crippen LogP contribution in [0.1, 0.15) is 57.4 Å². The predicted octanol–water partition coefficient (Wildman–Crippen LogP) is 2.70. The highest BCUT2D eigenvalue weighted by Crippen LogP contribution is 2.30. The monoisotopic (exact) mass is 290 g/mol. The van der Waals surface area contributed by atoms with Crippen LogP contribution in [0.5, 0.6) is 5.75 Å². The molecule has 0 saturated heterocycles. The fraction of sp³-hybridized carbons (Fsp3) is 0.588. The molecule has 0 spiro atoms. The van der Waals surface area contributed by atoms with Gasteiger partial charge in [-0.3, -0.25) is 4.79 Å². The number of nitrogens with two attached hydrogens (primary N) is 2. The SMILES string of the molecule is CCC(C)c1ccc(OC2CCCC(N)(C(N)=O)C2)cc1. The summed E-state index contributed by atoms with van der Waals surface area (Å²) in [6.07, 6.45) is 4.02. The second kappa shape index (κ2) is 6.48. The second-order valence-electron chi connectivity index (χ2n) is 6.23. The zero-order valence-electron chi connectivity index (χ0n) is 13.0. The van der Waals surface area contributed by atoms with Crippen LogP contribution in [0.4, 0.5) is 0 Å². The summed E-state index contributed by atoms with van der Waals surface area (Å²) in [7, 11) is 0. The number of primary amides is 1. The van der Waals surface area contributed by atoms with Crippen LogP contribution >= 0.6 is 0 Å². The molecule has 21 heavy (non-hydrogen) atoms. The highest BCUT2D eigenvalue weighted by Gasteiger charge is 2.38. The van der Waals surface area contributed by atoms with Crippen LogP contribution in [-0.2, 0) is 4.79 Å². The van der Waals surface area contributed by atoms with Crippen molar-refractivity contribution in [2.75, 3.05) is 0 Å². The number of amides is 1. The minimum atomic E-state index is -0.917. The highest BCUT2D eigenvalue weighted by atomic mass is 16.5. The molecule has 3 unspecified atom stereocenters. The molecule has 3 atom stereocenters. The van der Waals surface area contributed by atoms with Crippen LogP contribution in [0.15, 0.2) is 24.3 Å². The van der Waals surface area contributed by atoms with Crippen molar-refractivity contribution in [2.45, 2.75) is 63.5 Å². The summed E-state index contributed by atoms with van der Waals surface area (Å²) in [5.74, 6) is 0.962. The van der Waals surface area contributed by atoms with E-state index in [4.69, 9.17) is 16.2 Å². The van der Waals surface area contributed by atoms with E-state index >= 15 is 0 Å². The van der Waals surface area contributed by atoms with E-state index in [9.17, 15) is 4.79 Å². The molecule has 116 valence electrons. The molecule has 1 fully saturated rings. The Kier molecular flexibility index (Phi) is 4.88. The van der Waals surface area contributed by atoms with Gasteiger partial charge in [0.25, 0.3) is 0 Å². The Morgan fingerprint density at radius 3 is 2.67 bits per heavy atom. The molecular weight excluding hydrogens is 264 g/mol. The molecule has 1 amide bonds. The van der Waals surface area contributed by atoms with E-state index < -0.39 is 11.4 Å². The van der Waals surface area contributed by atoms with E-state index in [0.29, 0.717) is 18.8 Å². The minimum absolute atomic E-state index is 0.0364. The summed E-state index contributed by atoms with van der Waals surface area (Å²) >= 11 is 0. The van der Waals surface area contributed by atoms with E-state index in [1.807, 2.05) is 12.1 Å². The Balaban J connectivity index is 2.00. The highest BCUT2D eigenvalue weighted by molar-refractivity contribution is 5.84. The van der Waals surface area contributed by atoms with Gasteiger partial charge in [-0.1, -0.05) is 26.0 Å². The molecule has 1 aromatic carbocycles. The third-order valence-electron chi connectivity index (χ3n) is 4.60. The molecule has 1 aliphatic carbocycles. The van der Waals surface area contributed by atoms with Crippen LogP contribution < -0.4 is 16.2 Å². The molecule has 0 radical (unpaired) electrons. The van der Waals surface area contributed by atoms with Crippen molar-refractivity contribution in [3.05, 3.63) is 29.8 Å². The number of ether oxygens (including phenoxy) is 1. The van der Waals surface area contributed by atoms with Gasteiger partial charge in [0.2, 0.25) is 5.91 Å². The van der Waals surface area contributed by atoms with Crippen molar-refractivity contribution in [1.82, 2.24) is 0 Å². The molecule has 4 N–H and O–H groups in total. The Morgan fingerprint density at radius 1 is 1.43 bits per heavy atom. The third-order valence-corrected chi connectivity index (χ3v) is 4.60. The molecule has 0 heterocycles. The van der Waals surface area contributed by atoms with Gasteiger partial charge in [0.05, 0.1) is 5.54 Å².